The van der Waals surface area contributed by atoms with Crippen LogP contribution in [0.5, 0.6) is 0 Å². The summed E-state index contributed by atoms with van der Waals surface area (Å²) in [6.45, 7) is 0.186. The van der Waals surface area contributed by atoms with Gasteiger partial charge in [-0.1, -0.05) is 11.3 Å². The van der Waals surface area contributed by atoms with E-state index in [1.54, 1.807) is 0 Å². The molecule has 6 nitrogen and oxygen atoms in total. The molecule has 7 heteroatoms. The fraction of sp³-hybridized carbons (Fsp3) is 0.375. The molecule has 2 heterocycles. The number of carboxylic acid groups (broad SMARTS) is 1. The lowest BCUT2D eigenvalue weighted by Gasteiger charge is -2.10. The van der Waals surface area contributed by atoms with Crippen LogP contribution in [0.3, 0.4) is 0 Å². The van der Waals surface area contributed by atoms with Crippen LogP contribution in [0.15, 0.2) is 6.20 Å². The number of anilines is 1. The average Bonchev–Trinajstić information content (AvgIpc) is 2.71. The lowest BCUT2D eigenvalue weighted by molar-refractivity contribution is -0.117. The first kappa shape index (κ1) is 10.1. The van der Waals surface area contributed by atoms with Crippen molar-refractivity contribution < 1.29 is 19.8 Å². The molecule has 1 aromatic rings. The van der Waals surface area contributed by atoms with Crippen molar-refractivity contribution in [1.82, 2.24) is 4.98 Å². The van der Waals surface area contributed by atoms with E-state index in [-0.39, 0.29) is 23.7 Å². The number of nitrogens with zero attached hydrogens (tertiary/aromatic N) is 2. The van der Waals surface area contributed by atoms with Crippen LogP contribution in [0.4, 0.5) is 5.13 Å². The largest absolute Gasteiger partial charge is 0.477 e. The summed E-state index contributed by atoms with van der Waals surface area (Å²) in [5.74, 6) is -1.29. The topological polar surface area (TPSA) is 90.7 Å². The SMILES string of the molecule is O=C(O)c1cnc(N2CC(O)CC2=O)s1. The van der Waals surface area contributed by atoms with E-state index in [1.807, 2.05) is 0 Å². The standard InChI is InChI=1S/C8H8N2O4S/c11-4-1-6(12)10(3-4)8-9-2-5(15-8)7(13)14/h2,4,11H,1,3H2,(H,13,14). The zero-order valence-electron chi connectivity index (χ0n) is 7.58. The van der Waals surface area contributed by atoms with Crippen molar-refractivity contribution in [3.8, 4) is 0 Å². The molecule has 1 atom stereocenters. The molecule has 0 saturated carbocycles. The van der Waals surface area contributed by atoms with E-state index in [1.165, 1.54) is 11.1 Å². The molecule has 1 aliphatic rings. The highest BCUT2D eigenvalue weighted by atomic mass is 32.1. The summed E-state index contributed by atoms with van der Waals surface area (Å²) in [5.41, 5.74) is 0. The summed E-state index contributed by atoms with van der Waals surface area (Å²) in [5, 5.41) is 18.2. The Balaban J connectivity index is 2.23. The van der Waals surface area contributed by atoms with E-state index in [0.717, 1.165) is 11.3 Å². The van der Waals surface area contributed by atoms with Crippen molar-refractivity contribution in [2.75, 3.05) is 11.4 Å². The number of hydrogen-bond acceptors (Lipinski definition) is 5. The normalized spacial score (nSPS) is 21.0. The molecule has 0 aromatic carbocycles. The number of carboxylic acids is 1. The summed E-state index contributed by atoms with van der Waals surface area (Å²) in [6.07, 6.45) is 0.595. The molecule has 2 N–H and O–H groups in total. The monoisotopic (exact) mass is 228 g/mol. The van der Waals surface area contributed by atoms with E-state index < -0.39 is 12.1 Å². The first-order chi connectivity index (χ1) is 7.08. The zero-order valence-corrected chi connectivity index (χ0v) is 8.40. The maximum Gasteiger partial charge on any atom is 0.347 e. The van der Waals surface area contributed by atoms with E-state index in [2.05, 4.69) is 4.98 Å². The summed E-state index contributed by atoms with van der Waals surface area (Å²) in [6, 6.07) is 0. The summed E-state index contributed by atoms with van der Waals surface area (Å²) >= 11 is 0.927. The van der Waals surface area contributed by atoms with Gasteiger partial charge in [0.2, 0.25) is 5.91 Å². The number of aliphatic hydroxyl groups excluding tert-OH is 1. The van der Waals surface area contributed by atoms with E-state index in [4.69, 9.17) is 5.11 Å². The van der Waals surface area contributed by atoms with Crippen molar-refractivity contribution in [3.63, 3.8) is 0 Å². The molecule has 1 aromatic heterocycles. The molecule has 2 rings (SSSR count). The Morgan fingerprint density at radius 1 is 1.67 bits per heavy atom. The van der Waals surface area contributed by atoms with Crippen LogP contribution in [0.2, 0.25) is 0 Å². The number of β-amino-alcohol motifs (C(OH)–C–C–N with tert-alkyl or cyclic N) is 1. The smallest absolute Gasteiger partial charge is 0.347 e. The molecule has 0 spiro atoms. The number of aliphatic hydroxyl groups is 1. The van der Waals surface area contributed by atoms with Crippen molar-refractivity contribution in [2.45, 2.75) is 12.5 Å². The highest BCUT2D eigenvalue weighted by molar-refractivity contribution is 7.17. The van der Waals surface area contributed by atoms with Gasteiger partial charge in [-0.25, -0.2) is 9.78 Å². The molecule has 1 saturated heterocycles. The lowest BCUT2D eigenvalue weighted by Crippen LogP contribution is -2.24. The Hall–Kier alpha value is -1.47. The number of amides is 1. The molecule has 0 aliphatic carbocycles. The summed E-state index contributed by atoms with van der Waals surface area (Å²) < 4.78 is 0. The van der Waals surface area contributed by atoms with Crippen LogP contribution >= 0.6 is 11.3 Å². The molecule has 1 unspecified atom stereocenters. The van der Waals surface area contributed by atoms with Crippen LogP contribution in [0.1, 0.15) is 16.1 Å². The average molecular weight is 228 g/mol. The maximum atomic E-state index is 11.3. The second kappa shape index (κ2) is 3.59. The lowest BCUT2D eigenvalue weighted by atomic mass is 10.3. The van der Waals surface area contributed by atoms with Crippen molar-refractivity contribution in [3.05, 3.63) is 11.1 Å². The van der Waals surface area contributed by atoms with Crippen molar-refractivity contribution in [2.24, 2.45) is 0 Å². The Morgan fingerprint density at radius 2 is 2.40 bits per heavy atom. The van der Waals surface area contributed by atoms with Gasteiger partial charge >= 0.3 is 5.97 Å². The molecular formula is C8H8N2O4S. The quantitative estimate of drug-likeness (QED) is 0.740. The number of thiazole rings is 1. The van der Waals surface area contributed by atoms with Gasteiger partial charge in [-0.3, -0.25) is 9.69 Å². The second-order valence-corrected chi connectivity index (χ2v) is 4.18. The number of carbonyl (C=O) groups excluding carboxylic acids is 1. The van der Waals surface area contributed by atoms with Crippen LogP contribution in [0.25, 0.3) is 0 Å². The number of carbonyl (C=O) groups is 2. The minimum atomic E-state index is -1.06. The molecular weight excluding hydrogens is 220 g/mol. The van der Waals surface area contributed by atoms with Gasteiger partial charge in [0.25, 0.3) is 0 Å². The van der Waals surface area contributed by atoms with E-state index in [0.29, 0.717) is 5.13 Å². The third kappa shape index (κ3) is 1.83. The van der Waals surface area contributed by atoms with Gasteiger partial charge in [0.15, 0.2) is 5.13 Å². The molecule has 15 heavy (non-hydrogen) atoms. The molecule has 0 bridgehead atoms. The molecule has 0 radical (unpaired) electrons. The molecule has 1 aliphatic heterocycles. The molecule has 80 valence electrons. The van der Waals surface area contributed by atoms with Gasteiger partial charge in [0.1, 0.15) is 4.88 Å². The Kier molecular flexibility index (Phi) is 2.41. The maximum absolute atomic E-state index is 11.3. The predicted molar refractivity (Wildman–Crippen MR) is 52.1 cm³/mol. The highest BCUT2D eigenvalue weighted by Gasteiger charge is 2.31. The van der Waals surface area contributed by atoms with Gasteiger partial charge in [0.05, 0.1) is 25.3 Å². The first-order valence-electron chi connectivity index (χ1n) is 4.25. The summed E-state index contributed by atoms with van der Waals surface area (Å²) in [7, 11) is 0. The van der Waals surface area contributed by atoms with Crippen LogP contribution in [0, 0.1) is 0 Å². The Morgan fingerprint density at radius 3 is 2.87 bits per heavy atom. The number of aromatic carboxylic acids is 1. The minimum Gasteiger partial charge on any atom is -0.477 e. The third-order valence-electron chi connectivity index (χ3n) is 2.04. The van der Waals surface area contributed by atoms with Gasteiger partial charge < -0.3 is 10.2 Å². The van der Waals surface area contributed by atoms with Crippen LogP contribution < -0.4 is 4.90 Å². The predicted octanol–water partition coefficient (Wildman–Crippen LogP) is -0.0611. The zero-order chi connectivity index (χ0) is 11.0. The fourth-order valence-corrected chi connectivity index (χ4v) is 2.14. The number of rotatable bonds is 2. The van der Waals surface area contributed by atoms with E-state index >= 15 is 0 Å². The van der Waals surface area contributed by atoms with Crippen LogP contribution in [-0.2, 0) is 4.79 Å². The molecule has 1 fully saturated rings. The minimum absolute atomic E-state index is 0.0714. The number of aromatic nitrogens is 1. The molecule has 1 amide bonds. The van der Waals surface area contributed by atoms with Crippen LogP contribution in [-0.4, -0.2) is 39.7 Å². The van der Waals surface area contributed by atoms with Gasteiger partial charge in [0, 0.05) is 0 Å². The first-order valence-corrected chi connectivity index (χ1v) is 5.07. The van der Waals surface area contributed by atoms with Gasteiger partial charge in [-0.15, -0.1) is 0 Å². The second-order valence-electron chi connectivity index (χ2n) is 3.17. The van der Waals surface area contributed by atoms with Crippen molar-refractivity contribution >= 4 is 28.3 Å². The van der Waals surface area contributed by atoms with Crippen molar-refractivity contribution in [1.29, 1.82) is 0 Å². The highest BCUT2D eigenvalue weighted by Crippen LogP contribution is 2.26. The van der Waals surface area contributed by atoms with Gasteiger partial charge in [-0.2, -0.15) is 0 Å². The number of hydrogen-bond donors (Lipinski definition) is 2. The van der Waals surface area contributed by atoms with E-state index in [9.17, 15) is 14.7 Å². The summed E-state index contributed by atoms with van der Waals surface area (Å²) in [4.78, 5) is 27.2. The fourth-order valence-electron chi connectivity index (χ4n) is 1.36. The Bertz CT molecular complexity index is 417. The Labute approximate surface area is 88.8 Å². The third-order valence-corrected chi connectivity index (χ3v) is 3.05. The van der Waals surface area contributed by atoms with Gasteiger partial charge in [-0.05, 0) is 0 Å².